The lowest BCUT2D eigenvalue weighted by Crippen LogP contribution is -2.18. The molecule has 1 atom stereocenters. The molecule has 0 aromatic rings. The zero-order valence-electron chi connectivity index (χ0n) is 19.8. The number of hydrogen-bond acceptors (Lipinski definition) is 3. The van der Waals surface area contributed by atoms with Crippen LogP contribution < -0.4 is 0 Å². The van der Waals surface area contributed by atoms with Gasteiger partial charge in [0, 0.05) is 12.8 Å². The Morgan fingerprint density at radius 3 is 1.90 bits per heavy atom. The average Bonchev–Trinajstić information content (AvgIpc) is 2.74. The van der Waals surface area contributed by atoms with Gasteiger partial charge < -0.3 is 9.84 Å². The largest absolute Gasteiger partial charge is 0.481 e. The number of aliphatic carboxylic acids is 1. The maximum absolute atomic E-state index is 12.1. The molecule has 0 aliphatic rings. The third-order valence-electron chi connectivity index (χ3n) is 4.83. The number of esters is 1. The minimum atomic E-state index is -0.746. The molecule has 0 fully saturated rings. The summed E-state index contributed by atoms with van der Waals surface area (Å²) in [6, 6.07) is 0. The molecule has 0 saturated carbocycles. The summed E-state index contributed by atoms with van der Waals surface area (Å²) in [6.07, 6.45) is 28.7. The van der Waals surface area contributed by atoms with Crippen LogP contribution in [0.3, 0.4) is 0 Å². The lowest BCUT2D eigenvalue weighted by atomic mass is 10.0. The van der Waals surface area contributed by atoms with Crippen molar-refractivity contribution in [3.05, 3.63) is 48.6 Å². The van der Waals surface area contributed by atoms with Gasteiger partial charge in [0.15, 0.2) is 0 Å². The fraction of sp³-hybridized carbons (Fsp3) is 0.630. The summed E-state index contributed by atoms with van der Waals surface area (Å²) in [5.41, 5.74) is 0. The Kier molecular flexibility index (Phi) is 21.1. The van der Waals surface area contributed by atoms with Gasteiger partial charge in [-0.1, -0.05) is 81.7 Å². The van der Waals surface area contributed by atoms with Crippen LogP contribution in [0.15, 0.2) is 48.6 Å². The van der Waals surface area contributed by atoms with Crippen LogP contribution in [0.2, 0.25) is 0 Å². The number of ether oxygens (including phenoxy) is 1. The van der Waals surface area contributed by atoms with Crippen LogP contribution in [0.25, 0.3) is 0 Å². The van der Waals surface area contributed by atoms with Crippen LogP contribution in [0, 0.1) is 0 Å². The second-order valence-corrected chi connectivity index (χ2v) is 7.79. The lowest BCUT2D eigenvalue weighted by Gasteiger charge is -2.17. The summed E-state index contributed by atoms with van der Waals surface area (Å²) in [7, 11) is 0. The van der Waals surface area contributed by atoms with Crippen molar-refractivity contribution in [1.29, 1.82) is 0 Å². The quantitative estimate of drug-likeness (QED) is 0.122. The highest BCUT2D eigenvalue weighted by molar-refractivity contribution is 5.69. The second-order valence-electron chi connectivity index (χ2n) is 7.79. The van der Waals surface area contributed by atoms with Gasteiger partial charge in [0.1, 0.15) is 6.10 Å². The van der Waals surface area contributed by atoms with Crippen LogP contribution in [0.5, 0.6) is 0 Å². The van der Waals surface area contributed by atoms with E-state index in [2.05, 4.69) is 56.4 Å². The van der Waals surface area contributed by atoms with Gasteiger partial charge in [0.25, 0.3) is 0 Å². The molecule has 1 unspecified atom stereocenters. The number of unbranched alkanes of at least 4 members (excludes halogenated alkanes) is 3. The summed E-state index contributed by atoms with van der Waals surface area (Å²) in [6.45, 7) is 4.27. The maximum Gasteiger partial charge on any atom is 0.306 e. The fourth-order valence-electron chi connectivity index (χ4n) is 3.06. The van der Waals surface area contributed by atoms with Gasteiger partial charge >= 0.3 is 11.9 Å². The molecule has 0 aromatic heterocycles. The Hall–Kier alpha value is -2.10. The van der Waals surface area contributed by atoms with E-state index in [1.54, 1.807) is 0 Å². The first-order valence-electron chi connectivity index (χ1n) is 12.1. The van der Waals surface area contributed by atoms with Crippen molar-refractivity contribution in [2.45, 2.75) is 110 Å². The van der Waals surface area contributed by atoms with Crippen molar-refractivity contribution < 1.29 is 19.4 Å². The zero-order chi connectivity index (χ0) is 23.0. The molecule has 0 bridgehead atoms. The van der Waals surface area contributed by atoms with Gasteiger partial charge in [0.05, 0.1) is 0 Å². The third-order valence-corrected chi connectivity index (χ3v) is 4.83. The molecule has 0 aliphatic carbocycles. The number of allylic oxidation sites excluding steroid dienone is 8. The molecule has 0 radical (unpaired) electrons. The first-order chi connectivity index (χ1) is 15.1. The van der Waals surface area contributed by atoms with E-state index in [0.717, 1.165) is 64.2 Å². The third kappa shape index (κ3) is 22.4. The van der Waals surface area contributed by atoms with E-state index < -0.39 is 5.97 Å². The van der Waals surface area contributed by atoms with E-state index in [1.165, 1.54) is 0 Å². The topological polar surface area (TPSA) is 63.6 Å². The predicted octanol–water partition coefficient (Wildman–Crippen LogP) is 7.71. The van der Waals surface area contributed by atoms with Crippen molar-refractivity contribution in [1.82, 2.24) is 0 Å². The van der Waals surface area contributed by atoms with E-state index >= 15 is 0 Å². The molecule has 176 valence electrons. The number of carboxylic acids is 1. The van der Waals surface area contributed by atoms with E-state index in [1.807, 2.05) is 6.08 Å². The van der Waals surface area contributed by atoms with Crippen molar-refractivity contribution in [2.24, 2.45) is 0 Å². The SMILES string of the molecule is CC/C=C\C/C=C\C/C=C\C/C=C\CCC(=O)OC(CCCC)CCCCCC(=O)O. The molecular formula is C27H44O4. The normalized spacial score (nSPS) is 13.1. The monoisotopic (exact) mass is 432 g/mol. The van der Waals surface area contributed by atoms with Crippen molar-refractivity contribution >= 4 is 11.9 Å². The standard InChI is InChI=1S/C27H44O4/c1-3-5-7-8-9-10-11-12-13-14-15-16-20-24-27(30)31-25(21-6-4-2)22-18-17-19-23-26(28)29/h5,7,9-10,12-13,15-16,25H,3-4,6,8,11,14,17-24H2,1-2H3,(H,28,29)/b7-5-,10-9-,13-12-,16-15-. The van der Waals surface area contributed by atoms with Gasteiger partial charge in [-0.2, -0.15) is 0 Å². The van der Waals surface area contributed by atoms with Gasteiger partial charge in [-0.15, -0.1) is 0 Å². The van der Waals surface area contributed by atoms with E-state index in [9.17, 15) is 9.59 Å². The molecule has 0 aliphatic heterocycles. The van der Waals surface area contributed by atoms with E-state index in [0.29, 0.717) is 19.3 Å². The molecule has 1 N–H and O–H groups in total. The van der Waals surface area contributed by atoms with Gasteiger partial charge in [-0.3, -0.25) is 9.59 Å². The van der Waals surface area contributed by atoms with Crippen LogP contribution in [-0.4, -0.2) is 23.1 Å². The first-order valence-corrected chi connectivity index (χ1v) is 12.1. The molecule has 0 heterocycles. The van der Waals surface area contributed by atoms with Crippen LogP contribution in [-0.2, 0) is 14.3 Å². The smallest absolute Gasteiger partial charge is 0.306 e. The molecular weight excluding hydrogens is 388 g/mol. The molecule has 4 nitrogen and oxygen atoms in total. The maximum atomic E-state index is 12.1. The average molecular weight is 433 g/mol. The summed E-state index contributed by atoms with van der Waals surface area (Å²) in [4.78, 5) is 22.7. The minimum Gasteiger partial charge on any atom is -0.481 e. The number of carboxylic acid groups (broad SMARTS) is 1. The lowest BCUT2D eigenvalue weighted by molar-refractivity contribution is -0.149. The Labute approximate surface area is 190 Å². The van der Waals surface area contributed by atoms with E-state index in [-0.39, 0.29) is 18.5 Å². The summed E-state index contributed by atoms with van der Waals surface area (Å²) >= 11 is 0. The molecule has 0 spiro atoms. The zero-order valence-corrected chi connectivity index (χ0v) is 19.8. The number of carbonyl (C=O) groups excluding carboxylic acids is 1. The Morgan fingerprint density at radius 1 is 0.742 bits per heavy atom. The van der Waals surface area contributed by atoms with Crippen molar-refractivity contribution in [3.8, 4) is 0 Å². The minimum absolute atomic E-state index is 0.0327. The van der Waals surface area contributed by atoms with Gasteiger partial charge in [-0.25, -0.2) is 0 Å². The van der Waals surface area contributed by atoms with Crippen LogP contribution in [0.4, 0.5) is 0 Å². The molecule has 0 amide bonds. The highest BCUT2D eigenvalue weighted by Gasteiger charge is 2.13. The van der Waals surface area contributed by atoms with Crippen LogP contribution >= 0.6 is 0 Å². The molecule has 0 saturated heterocycles. The molecule has 4 heteroatoms. The summed E-state index contributed by atoms with van der Waals surface area (Å²) in [5.74, 6) is -0.876. The first kappa shape index (κ1) is 28.9. The summed E-state index contributed by atoms with van der Waals surface area (Å²) < 4.78 is 5.67. The Morgan fingerprint density at radius 2 is 1.32 bits per heavy atom. The number of carbonyl (C=O) groups is 2. The van der Waals surface area contributed by atoms with Crippen molar-refractivity contribution in [3.63, 3.8) is 0 Å². The Balaban J connectivity index is 3.94. The highest BCUT2D eigenvalue weighted by atomic mass is 16.5. The van der Waals surface area contributed by atoms with Gasteiger partial charge in [0.2, 0.25) is 0 Å². The van der Waals surface area contributed by atoms with Gasteiger partial charge in [-0.05, 0) is 57.8 Å². The predicted molar refractivity (Wildman–Crippen MR) is 130 cm³/mol. The van der Waals surface area contributed by atoms with Crippen molar-refractivity contribution in [2.75, 3.05) is 0 Å². The number of hydrogen-bond donors (Lipinski definition) is 1. The molecule has 31 heavy (non-hydrogen) atoms. The van der Waals surface area contributed by atoms with E-state index in [4.69, 9.17) is 9.84 Å². The fourth-order valence-corrected chi connectivity index (χ4v) is 3.06. The highest BCUT2D eigenvalue weighted by Crippen LogP contribution is 2.15. The molecule has 0 aromatic carbocycles. The Bertz CT molecular complexity index is 558. The van der Waals surface area contributed by atoms with Crippen LogP contribution in [0.1, 0.15) is 104 Å². The second kappa shape index (κ2) is 22.6. The number of rotatable bonds is 20. The molecule has 0 rings (SSSR count). The summed E-state index contributed by atoms with van der Waals surface area (Å²) in [5, 5.41) is 8.69.